The number of hydrogen-bond acceptors (Lipinski definition) is 3. The van der Waals surface area contributed by atoms with Gasteiger partial charge in [-0.1, -0.05) is 5.92 Å². The van der Waals surface area contributed by atoms with Gasteiger partial charge in [0.05, 0.1) is 11.3 Å². The molecule has 0 aliphatic heterocycles. The largest absolute Gasteiger partial charge is 0.416 e. The number of allylic oxidation sites excluding steroid dienone is 2. The van der Waals surface area contributed by atoms with Crippen LogP contribution in [0.25, 0.3) is 0 Å². The van der Waals surface area contributed by atoms with Gasteiger partial charge in [0.25, 0.3) is 0 Å². The molecule has 0 bridgehead atoms. The quantitative estimate of drug-likeness (QED) is 0.512. The summed E-state index contributed by atoms with van der Waals surface area (Å²) in [7, 11) is 0. The lowest BCUT2D eigenvalue weighted by atomic mass is 10.0. The van der Waals surface area contributed by atoms with Crippen LogP contribution < -0.4 is 10.6 Å². The van der Waals surface area contributed by atoms with E-state index in [9.17, 15) is 18.0 Å². The first-order valence-electron chi connectivity index (χ1n) is 8.26. The molecule has 0 atom stereocenters. The van der Waals surface area contributed by atoms with E-state index in [0.29, 0.717) is 17.0 Å². The molecule has 0 heterocycles. The van der Waals surface area contributed by atoms with E-state index in [1.54, 1.807) is 34.6 Å². The van der Waals surface area contributed by atoms with Crippen molar-refractivity contribution >= 4 is 17.3 Å². The maximum absolute atomic E-state index is 12.9. The molecule has 0 aromatic heterocycles. The second kappa shape index (κ2) is 8.30. The Morgan fingerprint density at radius 1 is 1.15 bits per heavy atom. The number of carbonyl (C=O) groups is 1. The summed E-state index contributed by atoms with van der Waals surface area (Å²) in [6, 6.07) is 3.02. The fourth-order valence-electron chi connectivity index (χ4n) is 2.25. The molecule has 0 radical (unpaired) electrons. The van der Waals surface area contributed by atoms with Gasteiger partial charge in [0.1, 0.15) is 5.54 Å². The lowest BCUT2D eigenvalue weighted by Gasteiger charge is -2.28. The highest BCUT2D eigenvalue weighted by atomic mass is 19.4. The zero-order valence-electron chi connectivity index (χ0n) is 16.3. The van der Waals surface area contributed by atoms with Crippen LogP contribution in [-0.4, -0.2) is 17.2 Å². The zero-order chi connectivity index (χ0) is 21.0. The van der Waals surface area contributed by atoms with Crippen molar-refractivity contribution < 1.29 is 18.0 Å². The summed E-state index contributed by atoms with van der Waals surface area (Å²) in [4.78, 5) is 12.7. The number of alkyl halides is 3. The molecule has 146 valence electrons. The predicted molar refractivity (Wildman–Crippen MR) is 102 cm³/mol. The summed E-state index contributed by atoms with van der Waals surface area (Å²) >= 11 is 0. The lowest BCUT2D eigenvalue weighted by Crippen LogP contribution is -2.49. The molecule has 0 aliphatic carbocycles. The molecular formula is C20H24F3N3O. The van der Waals surface area contributed by atoms with Gasteiger partial charge in [0.2, 0.25) is 5.91 Å². The van der Waals surface area contributed by atoms with Gasteiger partial charge in [-0.15, -0.1) is 5.92 Å². The summed E-state index contributed by atoms with van der Waals surface area (Å²) in [5, 5.41) is 13.4. The summed E-state index contributed by atoms with van der Waals surface area (Å²) in [6.07, 6.45) is -4.49. The Bertz CT molecular complexity index is 840. The van der Waals surface area contributed by atoms with Gasteiger partial charge in [-0.3, -0.25) is 4.79 Å². The second-order valence-electron chi connectivity index (χ2n) is 6.71. The molecule has 3 N–H and O–H groups in total. The molecule has 0 spiro atoms. The smallest absolute Gasteiger partial charge is 0.375 e. The molecule has 1 aromatic carbocycles. The third kappa shape index (κ3) is 5.88. The predicted octanol–water partition coefficient (Wildman–Crippen LogP) is 4.72. The van der Waals surface area contributed by atoms with E-state index in [1.807, 2.05) is 0 Å². The van der Waals surface area contributed by atoms with Crippen LogP contribution >= 0.6 is 0 Å². The molecule has 0 saturated carbocycles. The van der Waals surface area contributed by atoms with Crippen LogP contribution in [0.2, 0.25) is 0 Å². The van der Waals surface area contributed by atoms with Gasteiger partial charge in [-0.2, -0.15) is 13.2 Å². The summed E-state index contributed by atoms with van der Waals surface area (Å²) < 4.78 is 38.7. The van der Waals surface area contributed by atoms with Crippen LogP contribution in [-0.2, 0) is 11.0 Å². The minimum atomic E-state index is -4.49. The fraction of sp³-hybridized carbons (Fsp3) is 0.400. The van der Waals surface area contributed by atoms with Gasteiger partial charge in [-0.05, 0) is 65.3 Å². The fourth-order valence-corrected chi connectivity index (χ4v) is 2.25. The molecule has 1 rings (SSSR count). The topological polar surface area (TPSA) is 65.0 Å². The van der Waals surface area contributed by atoms with Gasteiger partial charge in [0, 0.05) is 17.0 Å². The first kappa shape index (κ1) is 22.3. The van der Waals surface area contributed by atoms with Crippen molar-refractivity contribution in [2.75, 3.05) is 5.32 Å². The normalized spacial score (nSPS) is 12.5. The van der Waals surface area contributed by atoms with Crippen molar-refractivity contribution in [2.24, 2.45) is 0 Å². The van der Waals surface area contributed by atoms with E-state index >= 15 is 0 Å². The Morgan fingerprint density at radius 3 is 2.22 bits per heavy atom. The zero-order valence-corrected chi connectivity index (χ0v) is 16.3. The SMILES string of the molecule is CC#Cc1cc(C(F)(F)F)ccc1NC(=O)C(C)(C)N/C(C)=C(/C)C(C)=N. The Balaban J connectivity index is 3.16. The van der Waals surface area contributed by atoms with Crippen molar-refractivity contribution in [3.63, 3.8) is 0 Å². The Morgan fingerprint density at radius 2 is 1.74 bits per heavy atom. The van der Waals surface area contributed by atoms with E-state index in [4.69, 9.17) is 5.41 Å². The highest BCUT2D eigenvalue weighted by Gasteiger charge is 2.32. The molecule has 0 unspecified atom stereocenters. The highest BCUT2D eigenvalue weighted by Crippen LogP contribution is 2.32. The number of rotatable bonds is 5. The maximum Gasteiger partial charge on any atom is 0.416 e. The molecule has 27 heavy (non-hydrogen) atoms. The third-order valence-electron chi connectivity index (χ3n) is 4.05. The van der Waals surface area contributed by atoms with Crippen LogP contribution in [0.1, 0.15) is 52.7 Å². The van der Waals surface area contributed by atoms with E-state index in [2.05, 4.69) is 22.5 Å². The summed E-state index contributed by atoms with van der Waals surface area (Å²) in [6.45, 7) is 9.97. The monoisotopic (exact) mass is 379 g/mol. The molecule has 7 heteroatoms. The molecule has 0 aliphatic rings. The minimum absolute atomic E-state index is 0.0928. The van der Waals surface area contributed by atoms with Crippen LogP contribution in [0.3, 0.4) is 0 Å². The summed E-state index contributed by atoms with van der Waals surface area (Å²) in [5.74, 6) is 4.72. The third-order valence-corrected chi connectivity index (χ3v) is 4.05. The van der Waals surface area contributed by atoms with Crippen molar-refractivity contribution in [2.45, 2.75) is 53.3 Å². The molecular weight excluding hydrogens is 355 g/mol. The van der Waals surface area contributed by atoms with Gasteiger partial charge in [0.15, 0.2) is 0 Å². The Kier molecular flexibility index (Phi) is 6.85. The standard InChI is InChI=1S/C20H24F3N3O/c1-7-8-15-11-16(20(21,22)23)9-10-17(15)25-18(27)19(5,6)26-14(4)12(2)13(3)24/h9-11,24,26H,1-6H3,(H,25,27)/b14-12-,24-13?. The van der Waals surface area contributed by atoms with Gasteiger partial charge < -0.3 is 16.0 Å². The van der Waals surface area contributed by atoms with Crippen molar-refractivity contribution in [3.05, 3.63) is 40.6 Å². The van der Waals surface area contributed by atoms with Crippen molar-refractivity contribution in [1.82, 2.24) is 5.32 Å². The van der Waals surface area contributed by atoms with E-state index in [1.165, 1.54) is 13.0 Å². The molecule has 4 nitrogen and oxygen atoms in total. The number of benzene rings is 1. The van der Waals surface area contributed by atoms with Gasteiger partial charge in [-0.25, -0.2) is 0 Å². The number of nitrogens with one attached hydrogen (secondary N) is 3. The lowest BCUT2D eigenvalue weighted by molar-refractivity contribution is -0.137. The minimum Gasteiger partial charge on any atom is -0.375 e. The number of anilines is 1. The first-order chi connectivity index (χ1) is 12.3. The number of carbonyl (C=O) groups excluding carboxylic acids is 1. The Labute approximate surface area is 157 Å². The average molecular weight is 379 g/mol. The van der Waals surface area contributed by atoms with E-state index < -0.39 is 23.2 Å². The number of hydrogen-bond donors (Lipinski definition) is 3. The molecule has 0 saturated heterocycles. The van der Waals surface area contributed by atoms with E-state index in [0.717, 1.165) is 12.1 Å². The maximum atomic E-state index is 12.9. The average Bonchev–Trinajstić information content (AvgIpc) is 2.54. The van der Waals surface area contributed by atoms with Crippen LogP contribution in [0, 0.1) is 17.3 Å². The molecule has 1 aromatic rings. The van der Waals surface area contributed by atoms with Crippen LogP contribution in [0.4, 0.5) is 18.9 Å². The number of halogens is 3. The first-order valence-corrected chi connectivity index (χ1v) is 8.26. The number of amides is 1. The highest BCUT2D eigenvalue weighted by molar-refractivity contribution is 5.99. The summed E-state index contributed by atoms with van der Waals surface area (Å²) in [5.41, 5.74) is 0.173. The van der Waals surface area contributed by atoms with Crippen molar-refractivity contribution in [3.8, 4) is 11.8 Å². The van der Waals surface area contributed by atoms with Crippen molar-refractivity contribution in [1.29, 1.82) is 5.41 Å². The van der Waals surface area contributed by atoms with E-state index in [-0.39, 0.29) is 11.3 Å². The van der Waals surface area contributed by atoms with Crippen LogP contribution in [0.15, 0.2) is 29.5 Å². The Hall–Kier alpha value is -2.75. The molecule has 1 amide bonds. The second-order valence-corrected chi connectivity index (χ2v) is 6.71. The molecule has 0 fully saturated rings. The van der Waals surface area contributed by atoms with Crippen LogP contribution in [0.5, 0.6) is 0 Å². The van der Waals surface area contributed by atoms with Gasteiger partial charge >= 0.3 is 6.18 Å².